The summed E-state index contributed by atoms with van der Waals surface area (Å²) in [6.45, 7) is 1.45. The monoisotopic (exact) mass is 478 g/mol. The molecule has 3 N–H and O–H groups in total. The van der Waals surface area contributed by atoms with Crippen LogP contribution in [-0.4, -0.2) is 47.3 Å². The third-order valence-corrected chi connectivity index (χ3v) is 4.73. The zero-order chi connectivity index (χ0) is 24.9. The van der Waals surface area contributed by atoms with Crippen LogP contribution in [0.2, 0.25) is 0 Å². The quantitative estimate of drug-likeness (QED) is 0.521. The maximum atomic E-state index is 12.6. The highest BCUT2D eigenvalue weighted by molar-refractivity contribution is 5.66. The van der Waals surface area contributed by atoms with Gasteiger partial charge in [0.2, 0.25) is 0 Å². The first-order valence-corrected chi connectivity index (χ1v) is 10.6. The summed E-state index contributed by atoms with van der Waals surface area (Å²) >= 11 is 0. The van der Waals surface area contributed by atoms with E-state index in [0.29, 0.717) is 15.8 Å². The van der Waals surface area contributed by atoms with Crippen molar-refractivity contribution in [3.05, 3.63) is 77.9 Å². The van der Waals surface area contributed by atoms with E-state index >= 15 is 0 Å². The first-order valence-electron chi connectivity index (χ1n) is 10.6. The minimum absolute atomic E-state index is 0.0648. The van der Waals surface area contributed by atoms with Gasteiger partial charge in [-0.3, -0.25) is 0 Å². The van der Waals surface area contributed by atoms with Gasteiger partial charge in [-0.15, -0.1) is 0 Å². The van der Waals surface area contributed by atoms with Crippen LogP contribution in [0.3, 0.4) is 0 Å². The number of nitrogens with one attached hydrogen (secondary N) is 2. The van der Waals surface area contributed by atoms with Crippen LogP contribution >= 0.6 is 0 Å². The molecule has 3 aromatic rings. The maximum Gasteiger partial charge on any atom is 0.407 e. The largest absolute Gasteiger partial charge is 0.453 e. The predicted molar refractivity (Wildman–Crippen MR) is 123 cm³/mol. The van der Waals surface area contributed by atoms with Gasteiger partial charge < -0.3 is 20.5 Å². The number of ether oxygens (including phenoxy) is 1. The van der Waals surface area contributed by atoms with E-state index in [1.165, 1.54) is 31.6 Å². The van der Waals surface area contributed by atoms with Crippen molar-refractivity contribution in [2.24, 2.45) is 0 Å². The summed E-state index contributed by atoms with van der Waals surface area (Å²) < 4.78 is 42.2. The lowest BCUT2D eigenvalue weighted by atomic mass is 10.1. The molecule has 34 heavy (non-hydrogen) atoms. The molecule has 2 aromatic carbocycles. The van der Waals surface area contributed by atoms with E-state index in [4.69, 9.17) is 5.11 Å². The molecule has 1 amide bonds. The molecule has 7 nitrogen and oxygen atoms in total. The molecular formula is C24H29F3N4O3. The Labute approximate surface area is 196 Å². The fourth-order valence-electron chi connectivity index (χ4n) is 2.87. The molecule has 1 fully saturated rings. The molecule has 1 saturated heterocycles. The number of nitrogens with zero attached hydrogens (tertiary/aromatic N) is 2. The number of amides is 1. The average Bonchev–Trinajstić information content (AvgIpc) is 3.51. The zero-order valence-corrected chi connectivity index (χ0v) is 19.0. The number of hydrogen-bond donors (Lipinski definition) is 3. The molecule has 1 atom stereocenters. The molecule has 4 rings (SSSR count). The number of methoxy groups -OCH3 is 1. The average molecular weight is 479 g/mol. The van der Waals surface area contributed by atoms with Crippen LogP contribution in [-0.2, 0) is 11.3 Å². The number of rotatable bonds is 4. The molecule has 2 heterocycles. The number of aliphatic hydroxyl groups excluding tert-OH is 1. The van der Waals surface area contributed by atoms with Crippen molar-refractivity contribution < 1.29 is 27.8 Å². The number of carbonyl (C=O) groups excluding carboxylic acids is 1. The third-order valence-electron chi connectivity index (χ3n) is 4.73. The second-order valence-corrected chi connectivity index (χ2v) is 7.47. The maximum absolute atomic E-state index is 12.6. The summed E-state index contributed by atoms with van der Waals surface area (Å²) in [6, 6.07) is 13.7. The highest BCUT2D eigenvalue weighted by Crippen LogP contribution is 2.21. The van der Waals surface area contributed by atoms with Crippen molar-refractivity contribution in [3.8, 4) is 11.1 Å². The molecule has 1 aliphatic rings. The van der Waals surface area contributed by atoms with Crippen molar-refractivity contribution >= 4 is 6.09 Å². The lowest BCUT2D eigenvalue weighted by Gasteiger charge is -2.02. The number of carbonyl (C=O) groups is 1. The van der Waals surface area contributed by atoms with Gasteiger partial charge >= 0.3 is 12.6 Å². The summed E-state index contributed by atoms with van der Waals surface area (Å²) in [4.78, 5) is 10.6. The minimum Gasteiger partial charge on any atom is -0.453 e. The number of hydrogen-bond acceptors (Lipinski definition) is 5. The number of benzene rings is 2. The SMILES string of the molecule is COC(=O)NCc1cccc(F)c1.Cc1ccc(-c2cnn(C(F)F)c2)cc1.OC1CCNC1. The molecule has 184 valence electrons. The van der Waals surface area contributed by atoms with E-state index in [2.05, 4.69) is 20.5 Å². The normalized spacial score (nSPS) is 14.5. The molecule has 0 aliphatic carbocycles. The van der Waals surface area contributed by atoms with Gasteiger partial charge in [-0.1, -0.05) is 42.0 Å². The van der Waals surface area contributed by atoms with Crippen LogP contribution in [0.5, 0.6) is 0 Å². The molecule has 0 saturated carbocycles. The van der Waals surface area contributed by atoms with Crippen LogP contribution in [0.1, 0.15) is 24.1 Å². The Bertz CT molecular complexity index is 1010. The fraction of sp³-hybridized carbons (Fsp3) is 0.333. The van der Waals surface area contributed by atoms with E-state index < -0.39 is 12.6 Å². The Morgan fingerprint density at radius 3 is 2.50 bits per heavy atom. The lowest BCUT2D eigenvalue weighted by molar-refractivity contribution is 0.0566. The van der Waals surface area contributed by atoms with Gasteiger partial charge in [-0.2, -0.15) is 13.9 Å². The molecule has 1 aliphatic heterocycles. The molecule has 10 heteroatoms. The van der Waals surface area contributed by atoms with Crippen LogP contribution in [0.15, 0.2) is 60.9 Å². The Kier molecular flexibility index (Phi) is 11.1. The second kappa shape index (κ2) is 14.0. The molecule has 0 spiro atoms. The van der Waals surface area contributed by atoms with Crippen molar-refractivity contribution in [2.75, 3.05) is 20.2 Å². The summed E-state index contributed by atoms with van der Waals surface area (Å²) in [5.74, 6) is -0.316. The van der Waals surface area contributed by atoms with Gasteiger partial charge in [0, 0.05) is 24.8 Å². The van der Waals surface area contributed by atoms with Crippen LogP contribution in [0.4, 0.5) is 18.0 Å². The summed E-state index contributed by atoms with van der Waals surface area (Å²) in [7, 11) is 1.28. The minimum atomic E-state index is -2.58. The van der Waals surface area contributed by atoms with Gasteiger partial charge in [0.15, 0.2) is 0 Å². The van der Waals surface area contributed by atoms with Gasteiger partial charge in [-0.05, 0) is 43.1 Å². The van der Waals surface area contributed by atoms with Crippen molar-refractivity contribution in [1.29, 1.82) is 0 Å². The highest BCUT2D eigenvalue weighted by Gasteiger charge is 2.08. The highest BCUT2D eigenvalue weighted by atomic mass is 19.3. The fourth-order valence-corrected chi connectivity index (χ4v) is 2.87. The topological polar surface area (TPSA) is 88.4 Å². The van der Waals surface area contributed by atoms with Crippen molar-refractivity contribution in [3.63, 3.8) is 0 Å². The van der Waals surface area contributed by atoms with E-state index in [1.807, 2.05) is 31.2 Å². The summed E-state index contributed by atoms with van der Waals surface area (Å²) in [5, 5.41) is 17.7. The van der Waals surface area contributed by atoms with E-state index in [-0.39, 0.29) is 18.5 Å². The molecule has 1 aromatic heterocycles. The lowest BCUT2D eigenvalue weighted by Crippen LogP contribution is -2.22. The summed E-state index contributed by atoms with van der Waals surface area (Å²) in [5.41, 5.74) is 3.44. The number of aryl methyl sites for hydroxylation is 1. The van der Waals surface area contributed by atoms with E-state index in [1.54, 1.807) is 12.1 Å². The molecule has 1 unspecified atom stereocenters. The van der Waals surface area contributed by atoms with E-state index in [0.717, 1.165) is 30.6 Å². The molecule has 0 bridgehead atoms. The Morgan fingerprint density at radius 2 is 2.00 bits per heavy atom. The Balaban J connectivity index is 0.000000195. The number of alkyl halides is 2. The van der Waals surface area contributed by atoms with Crippen molar-refractivity contribution in [1.82, 2.24) is 20.4 Å². The second-order valence-electron chi connectivity index (χ2n) is 7.47. The zero-order valence-electron chi connectivity index (χ0n) is 19.0. The Morgan fingerprint density at radius 1 is 1.26 bits per heavy atom. The first kappa shape index (κ1) is 26.9. The summed E-state index contributed by atoms with van der Waals surface area (Å²) in [6.07, 6.45) is 3.13. The molecular weight excluding hydrogens is 449 g/mol. The number of β-amino-alcohol motifs (C(OH)–C–C–N with tert-alkyl or cyclic N) is 1. The van der Waals surface area contributed by atoms with E-state index in [9.17, 15) is 18.0 Å². The van der Waals surface area contributed by atoms with Crippen molar-refractivity contribution in [2.45, 2.75) is 32.5 Å². The van der Waals surface area contributed by atoms with Crippen LogP contribution < -0.4 is 10.6 Å². The number of aliphatic hydroxyl groups is 1. The van der Waals surface area contributed by atoms with Crippen LogP contribution in [0, 0.1) is 12.7 Å². The van der Waals surface area contributed by atoms with Gasteiger partial charge in [-0.25, -0.2) is 13.9 Å². The molecule has 0 radical (unpaired) electrons. The number of halogens is 3. The van der Waals surface area contributed by atoms with Gasteiger partial charge in [0.25, 0.3) is 0 Å². The van der Waals surface area contributed by atoms with Gasteiger partial charge in [0.05, 0.1) is 19.4 Å². The standard InChI is InChI=1S/C11H10F2N2.C9H10FNO2.C4H9NO/c1-8-2-4-9(5-3-8)10-6-14-15(7-10)11(12)13;1-13-9(12)11-6-7-3-2-4-8(10)5-7;6-4-1-2-5-3-4/h2-7,11H,1H3;2-5H,6H2,1H3,(H,11,12);4-6H,1-3H2. The first-order chi connectivity index (χ1) is 16.3. The van der Waals surface area contributed by atoms with Crippen LogP contribution in [0.25, 0.3) is 11.1 Å². The number of aromatic nitrogens is 2. The predicted octanol–water partition coefficient (Wildman–Crippen LogP) is 4.28. The third kappa shape index (κ3) is 9.63. The van der Waals surface area contributed by atoms with Gasteiger partial charge in [0.1, 0.15) is 5.82 Å². The Hall–Kier alpha value is -3.37. The smallest absolute Gasteiger partial charge is 0.407 e. The number of alkyl carbamates (subject to hydrolysis) is 1.